The van der Waals surface area contributed by atoms with Gasteiger partial charge >= 0.3 is 6.09 Å². The largest absolute Gasteiger partial charge is 0.487 e. The van der Waals surface area contributed by atoms with Crippen molar-refractivity contribution in [3.63, 3.8) is 0 Å². The molecule has 5 rings (SSSR count). The number of rotatable bonds is 12. The van der Waals surface area contributed by atoms with Gasteiger partial charge in [0, 0.05) is 19.2 Å². The molecular weight excluding hydrogens is 530 g/mol. The van der Waals surface area contributed by atoms with Crippen LogP contribution in [0.1, 0.15) is 54.8 Å². The van der Waals surface area contributed by atoms with Gasteiger partial charge in [-0.3, -0.25) is 4.79 Å². The van der Waals surface area contributed by atoms with Crippen LogP contribution in [0.15, 0.2) is 65.3 Å². The van der Waals surface area contributed by atoms with Crippen molar-refractivity contribution in [3.05, 3.63) is 83.6 Å². The van der Waals surface area contributed by atoms with Crippen molar-refractivity contribution in [1.82, 2.24) is 14.8 Å². The van der Waals surface area contributed by atoms with E-state index in [4.69, 9.17) is 13.9 Å². The molecule has 212 valence electrons. The average molecular weight is 566 g/mol. The number of carbonyl (C=O) groups is 2. The molecule has 0 N–H and O–H groups in total. The molecule has 0 saturated carbocycles. The summed E-state index contributed by atoms with van der Waals surface area (Å²) in [5.41, 5.74) is 2.93. The van der Waals surface area contributed by atoms with Crippen molar-refractivity contribution in [3.8, 4) is 5.75 Å². The van der Waals surface area contributed by atoms with Crippen LogP contribution in [0.4, 0.5) is 4.79 Å². The Morgan fingerprint density at radius 2 is 1.73 bits per heavy atom. The fourth-order valence-electron chi connectivity index (χ4n) is 4.91. The van der Waals surface area contributed by atoms with Gasteiger partial charge in [-0.1, -0.05) is 48.9 Å². The van der Waals surface area contributed by atoms with Crippen molar-refractivity contribution in [2.24, 2.45) is 0 Å². The number of nitrogens with zero attached hydrogens (tertiary/aromatic N) is 3. The van der Waals surface area contributed by atoms with Gasteiger partial charge < -0.3 is 18.8 Å². The molecule has 0 bridgehead atoms. The molecule has 9 heteroatoms. The first-order valence-electron chi connectivity index (χ1n) is 13.8. The quantitative estimate of drug-likeness (QED) is 0.266. The van der Waals surface area contributed by atoms with Gasteiger partial charge in [-0.2, -0.15) is 0 Å². The number of imide groups is 1. The lowest BCUT2D eigenvalue weighted by Gasteiger charge is -2.27. The van der Waals surface area contributed by atoms with Gasteiger partial charge in [-0.15, -0.1) is 12.4 Å². The Labute approximate surface area is 241 Å². The smallest absolute Gasteiger partial charge is 0.417 e. The zero-order valence-electron chi connectivity index (χ0n) is 22.6. The molecule has 2 aromatic carbocycles. The molecule has 3 heterocycles. The van der Waals surface area contributed by atoms with Crippen LogP contribution in [0.5, 0.6) is 5.75 Å². The van der Waals surface area contributed by atoms with Crippen LogP contribution >= 0.6 is 12.4 Å². The van der Waals surface area contributed by atoms with Crippen molar-refractivity contribution >= 4 is 36.6 Å². The van der Waals surface area contributed by atoms with E-state index in [0.29, 0.717) is 31.2 Å². The number of hydrogen-bond acceptors (Lipinski definition) is 7. The maximum atomic E-state index is 12.7. The Morgan fingerprint density at radius 1 is 0.950 bits per heavy atom. The summed E-state index contributed by atoms with van der Waals surface area (Å²) >= 11 is 0. The number of cyclic esters (lactones) is 1. The van der Waals surface area contributed by atoms with E-state index in [2.05, 4.69) is 9.88 Å². The van der Waals surface area contributed by atoms with E-state index in [0.717, 1.165) is 49.4 Å². The molecule has 1 aromatic heterocycles. The molecule has 2 saturated heterocycles. The molecule has 2 amide bonds. The minimum Gasteiger partial charge on any atom is -0.487 e. The first-order chi connectivity index (χ1) is 19.1. The van der Waals surface area contributed by atoms with Crippen molar-refractivity contribution in [2.75, 3.05) is 26.2 Å². The summed E-state index contributed by atoms with van der Waals surface area (Å²) in [7, 11) is 0. The van der Waals surface area contributed by atoms with E-state index in [9.17, 15) is 9.59 Å². The Balaban J connectivity index is 0.00000370. The van der Waals surface area contributed by atoms with Gasteiger partial charge in [0.15, 0.2) is 6.10 Å². The lowest BCUT2D eigenvalue weighted by atomic mass is 10.1. The number of ether oxygens (including phenoxy) is 2. The molecule has 8 nitrogen and oxygen atoms in total. The second-order valence-electron chi connectivity index (χ2n) is 10.0. The summed E-state index contributed by atoms with van der Waals surface area (Å²) in [4.78, 5) is 33.0. The molecule has 3 aromatic rings. The molecule has 40 heavy (non-hydrogen) atoms. The van der Waals surface area contributed by atoms with E-state index in [1.807, 2.05) is 66.7 Å². The number of oxazole rings is 1. The maximum absolute atomic E-state index is 12.7. The van der Waals surface area contributed by atoms with Gasteiger partial charge in [0.25, 0.3) is 5.91 Å². The highest BCUT2D eigenvalue weighted by Gasteiger charge is 2.39. The molecule has 2 aliphatic rings. The summed E-state index contributed by atoms with van der Waals surface area (Å²) < 4.78 is 16.7. The van der Waals surface area contributed by atoms with Crippen molar-refractivity contribution < 1.29 is 23.5 Å². The summed E-state index contributed by atoms with van der Waals surface area (Å²) in [5.74, 6) is 1.07. The molecule has 1 unspecified atom stereocenters. The lowest BCUT2D eigenvalue weighted by Crippen LogP contribution is -2.40. The average Bonchev–Trinajstić information content (AvgIpc) is 3.54. The van der Waals surface area contributed by atoms with Crippen LogP contribution in [0, 0.1) is 0 Å². The summed E-state index contributed by atoms with van der Waals surface area (Å²) in [5, 5.41) is 0. The number of piperidine rings is 1. The van der Waals surface area contributed by atoms with Crippen molar-refractivity contribution in [2.45, 2.75) is 51.2 Å². The van der Waals surface area contributed by atoms with Gasteiger partial charge in [-0.05, 0) is 74.5 Å². The molecule has 2 aliphatic heterocycles. The van der Waals surface area contributed by atoms with E-state index in [-0.39, 0.29) is 18.3 Å². The third-order valence-corrected chi connectivity index (χ3v) is 7.12. The highest BCUT2D eigenvalue weighted by atomic mass is 35.5. The fraction of sp³-hybridized carbons (Fsp3) is 0.387. The van der Waals surface area contributed by atoms with Crippen LogP contribution in [0.2, 0.25) is 0 Å². The maximum Gasteiger partial charge on any atom is 0.417 e. The Hall–Kier alpha value is -3.62. The predicted molar refractivity (Wildman–Crippen MR) is 155 cm³/mol. The zero-order valence-corrected chi connectivity index (χ0v) is 23.4. The Morgan fingerprint density at radius 3 is 2.50 bits per heavy atom. The second-order valence-corrected chi connectivity index (χ2v) is 10.0. The van der Waals surface area contributed by atoms with E-state index < -0.39 is 12.2 Å². The number of likely N-dealkylation sites (tertiary alicyclic amines) is 1. The minimum atomic E-state index is -0.670. The Bertz CT molecular complexity index is 1260. The standard InChI is InChI=1S/C31H35N3O5.ClH/c35-30-28(39-31(36)34(30)21-20-33-18-5-2-6-19-33)11-7-10-25-12-15-27(16-13-25)37-22-26-23-38-29(32-26)17-14-24-8-3-1-4-9-24;/h1,3-4,8-9,12-17,23,28H,2,5-7,10-11,18-22H2;1H/b17-14+;. The fourth-order valence-corrected chi connectivity index (χ4v) is 4.91. The number of aromatic nitrogens is 1. The number of carbonyl (C=O) groups excluding carboxylic acids is 2. The first kappa shape index (κ1) is 29.4. The summed E-state index contributed by atoms with van der Waals surface area (Å²) in [6.45, 7) is 3.53. The van der Waals surface area contributed by atoms with Crippen molar-refractivity contribution in [1.29, 1.82) is 0 Å². The molecule has 0 aliphatic carbocycles. The normalized spacial score (nSPS) is 17.7. The highest BCUT2D eigenvalue weighted by molar-refractivity contribution is 6.00. The monoisotopic (exact) mass is 565 g/mol. The number of halogens is 1. The number of aryl methyl sites for hydroxylation is 1. The SMILES string of the molecule is Cl.O=C1OC(CCCc2ccc(OCc3coc(/C=C/c4ccccc4)n3)cc2)C(=O)N1CCN1CCCCC1. The highest BCUT2D eigenvalue weighted by Crippen LogP contribution is 2.21. The van der Waals surface area contributed by atoms with Gasteiger partial charge in [-0.25, -0.2) is 14.7 Å². The van der Waals surface area contributed by atoms with Crippen LogP contribution < -0.4 is 4.74 Å². The lowest BCUT2D eigenvalue weighted by molar-refractivity contribution is -0.130. The molecular formula is C31H36ClN3O5. The third-order valence-electron chi connectivity index (χ3n) is 7.12. The number of benzene rings is 2. The predicted octanol–water partition coefficient (Wildman–Crippen LogP) is 6.00. The van der Waals surface area contributed by atoms with Crippen LogP contribution in [0.25, 0.3) is 12.2 Å². The van der Waals surface area contributed by atoms with E-state index >= 15 is 0 Å². The third kappa shape index (κ3) is 8.19. The summed E-state index contributed by atoms with van der Waals surface area (Å²) in [6.07, 6.45) is 9.91. The van der Waals surface area contributed by atoms with Gasteiger partial charge in [0.2, 0.25) is 5.89 Å². The second kappa shape index (κ2) is 14.7. The molecule has 0 spiro atoms. The minimum absolute atomic E-state index is 0. The van der Waals surface area contributed by atoms with E-state index in [1.165, 1.54) is 24.2 Å². The first-order valence-corrected chi connectivity index (χ1v) is 13.8. The number of amides is 2. The molecule has 1 atom stereocenters. The zero-order chi connectivity index (χ0) is 26.9. The topological polar surface area (TPSA) is 85.1 Å². The molecule has 2 fully saturated rings. The number of hydrogen-bond donors (Lipinski definition) is 0. The van der Waals surface area contributed by atoms with Gasteiger partial charge in [0.05, 0.1) is 0 Å². The van der Waals surface area contributed by atoms with Crippen LogP contribution in [-0.2, 0) is 22.6 Å². The van der Waals surface area contributed by atoms with Crippen LogP contribution in [-0.4, -0.2) is 59.1 Å². The van der Waals surface area contributed by atoms with Crippen LogP contribution in [0.3, 0.4) is 0 Å². The summed E-state index contributed by atoms with van der Waals surface area (Å²) in [6, 6.07) is 17.9. The van der Waals surface area contributed by atoms with Gasteiger partial charge in [0.1, 0.15) is 24.3 Å². The van der Waals surface area contributed by atoms with E-state index in [1.54, 1.807) is 6.26 Å². The molecule has 0 radical (unpaired) electrons. The Kier molecular flexibility index (Phi) is 10.8.